The van der Waals surface area contributed by atoms with E-state index in [9.17, 15) is 22.8 Å². The van der Waals surface area contributed by atoms with Crippen LogP contribution in [0.15, 0.2) is 41.5 Å². The van der Waals surface area contributed by atoms with E-state index in [0.717, 1.165) is 30.6 Å². The molecule has 3 rings (SSSR count). The number of aliphatic carboxylic acids is 1. The molecular weight excluding hydrogens is 473 g/mol. The molecule has 3 aromatic rings. The highest BCUT2D eigenvalue weighted by molar-refractivity contribution is 7.14. The first-order chi connectivity index (χ1) is 16.2. The second-order valence-corrected chi connectivity index (χ2v) is 7.64. The van der Waals surface area contributed by atoms with Crippen LogP contribution in [0.1, 0.15) is 28.4 Å². The van der Waals surface area contributed by atoms with Crippen LogP contribution in [-0.4, -0.2) is 35.7 Å². The number of rotatable bonds is 9. The maximum absolute atomic E-state index is 14.8. The summed E-state index contributed by atoms with van der Waals surface area (Å²) in [4.78, 5) is 27.7. The molecule has 2 aromatic carbocycles. The molecule has 0 spiro atoms. The van der Waals surface area contributed by atoms with Crippen molar-refractivity contribution in [2.45, 2.75) is 13.5 Å². The van der Waals surface area contributed by atoms with Crippen molar-refractivity contribution in [2.75, 3.05) is 19.0 Å². The number of hydrogen-bond donors (Lipinski definition) is 2. The molecule has 34 heavy (non-hydrogen) atoms. The molecule has 0 bridgehead atoms. The number of ether oxygens (including phenoxy) is 2. The first-order valence-electron chi connectivity index (χ1n) is 9.85. The van der Waals surface area contributed by atoms with Gasteiger partial charge in [0.25, 0.3) is 5.91 Å². The summed E-state index contributed by atoms with van der Waals surface area (Å²) in [7, 11) is 1.04. The van der Waals surface area contributed by atoms with Gasteiger partial charge in [-0.15, -0.1) is 11.3 Å². The van der Waals surface area contributed by atoms with Gasteiger partial charge in [-0.3, -0.25) is 10.1 Å². The lowest BCUT2D eigenvalue weighted by Crippen LogP contribution is -2.13. The molecule has 0 saturated carbocycles. The van der Waals surface area contributed by atoms with E-state index in [4.69, 9.17) is 9.84 Å². The average Bonchev–Trinajstić information content (AvgIpc) is 3.25. The number of anilines is 1. The van der Waals surface area contributed by atoms with Crippen LogP contribution < -0.4 is 5.32 Å². The minimum atomic E-state index is -1.51. The van der Waals surface area contributed by atoms with Crippen LogP contribution >= 0.6 is 11.3 Å². The van der Waals surface area contributed by atoms with E-state index in [1.54, 1.807) is 19.1 Å². The highest BCUT2D eigenvalue weighted by Crippen LogP contribution is 2.29. The zero-order chi connectivity index (χ0) is 24.8. The highest BCUT2D eigenvalue weighted by atomic mass is 32.1. The maximum atomic E-state index is 14.8. The van der Waals surface area contributed by atoms with E-state index in [-0.39, 0.29) is 28.6 Å². The molecule has 0 aliphatic carbocycles. The van der Waals surface area contributed by atoms with Gasteiger partial charge in [-0.05, 0) is 25.1 Å². The number of thiazole rings is 1. The highest BCUT2D eigenvalue weighted by Gasteiger charge is 2.19. The second kappa shape index (κ2) is 10.9. The Labute approximate surface area is 196 Å². The predicted molar refractivity (Wildman–Crippen MR) is 120 cm³/mol. The van der Waals surface area contributed by atoms with Gasteiger partial charge in [0.1, 0.15) is 17.5 Å². The molecule has 2 N–H and O–H groups in total. The Morgan fingerprint density at radius 2 is 1.91 bits per heavy atom. The number of carboxylic acid groups (broad SMARTS) is 1. The molecule has 0 atom stereocenters. The Hall–Kier alpha value is -3.70. The molecule has 0 unspecified atom stereocenters. The van der Waals surface area contributed by atoms with E-state index in [2.05, 4.69) is 15.0 Å². The summed E-state index contributed by atoms with van der Waals surface area (Å²) in [6, 6.07) is 6.30. The lowest BCUT2D eigenvalue weighted by atomic mass is 10.1. The zero-order valence-electron chi connectivity index (χ0n) is 18.0. The number of carbonyl (C=O) groups excluding carboxylic acids is 1. The maximum Gasteiger partial charge on any atom is 0.371 e. The third kappa shape index (κ3) is 5.61. The fraction of sp³-hybridized carbons (Fsp3) is 0.174. The standard InChI is InChI=1S/C23H19F3N2O5S/c1-3-33-10-12-5-4-6-14(20(12)26)18-11-34-23(27-18)28-21(29)13-7-16(24)15(17(25)8-13)9-19(32-2)22(30)31/h4-9,11H,3,10H2,1-2H3,(H,30,31)(H,27,28,29)/b19-9-. The first kappa shape index (κ1) is 24.9. The van der Waals surface area contributed by atoms with Crippen molar-refractivity contribution in [2.24, 2.45) is 0 Å². The quantitative estimate of drug-likeness (QED) is 0.319. The van der Waals surface area contributed by atoms with Crippen LogP contribution in [0.5, 0.6) is 0 Å². The van der Waals surface area contributed by atoms with Crippen LogP contribution in [0.4, 0.5) is 18.3 Å². The number of methoxy groups -OCH3 is 1. The number of halogens is 3. The van der Waals surface area contributed by atoms with Gasteiger partial charge in [0.15, 0.2) is 5.13 Å². The monoisotopic (exact) mass is 492 g/mol. The molecule has 1 heterocycles. The number of benzene rings is 2. The van der Waals surface area contributed by atoms with Gasteiger partial charge in [-0.2, -0.15) is 0 Å². The zero-order valence-corrected chi connectivity index (χ0v) is 18.8. The number of hydrogen-bond acceptors (Lipinski definition) is 6. The van der Waals surface area contributed by atoms with E-state index < -0.39 is 40.7 Å². The number of aromatic nitrogens is 1. The van der Waals surface area contributed by atoms with Gasteiger partial charge in [-0.1, -0.05) is 12.1 Å². The van der Waals surface area contributed by atoms with Gasteiger partial charge in [0.05, 0.1) is 19.4 Å². The van der Waals surface area contributed by atoms with Crippen molar-refractivity contribution in [1.29, 1.82) is 0 Å². The van der Waals surface area contributed by atoms with Crippen LogP contribution in [-0.2, 0) is 20.9 Å². The van der Waals surface area contributed by atoms with Gasteiger partial charge in [-0.25, -0.2) is 22.9 Å². The second-order valence-electron chi connectivity index (χ2n) is 6.78. The third-order valence-corrected chi connectivity index (χ3v) is 5.35. The topological polar surface area (TPSA) is 97.8 Å². The van der Waals surface area contributed by atoms with Crippen molar-refractivity contribution in [3.63, 3.8) is 0 Å². The van der Waals surface area contributed by atoms with Crippen LogP contribution in [0.25, 0.3) is 17.3 Å². The van der Waals surface area contributed by atoms with Crippen molar-refractivity contribution in [3.8, 4) is 11.3 Å². The molecule has 0 aliphatic heterocycles. The molecule has 0 fully saturated rings. The molecule has 1 aromatic heterocycles. The number of nitrogens with one attached hydrogen (secondary N) is 1. The minimum absolute atomic E-state index is 0.0898. The summed E-state index contributed by atoms with van der Waals surface area (Å²) < 4.78 is 53.4. The number of carboxylic acids is 1. The van der Waals surface area contributed by atoms with Crippen LogP contribution in [0.3, 0.4) is 0 Å². The number of nitrogens with zero attached hydrogens (tertiary/aromatic N) is 1. The Bertz CT molecular complexity index is 1240. The average molecular weight is 492 g/mol. The molecule has 178 valence electrons. The van der Waals surface area contributed by atoms with Crippen LogP contribution in [0.2, 0.25) is 0 Å². The number of carbonyl (C=O) groups is 2. The fourth-order valence-electron chi connectivity index (χ4n) is 2.92. The van der Waals surface area contributed by atoms with Crippen molar-refractivity contribution in [3.05, 3.63) is 75.6 Å². The van der Waals surface area contributed by atoms with Crippen molar-refractivity contribution >= 4 is 34.4 Å². The molecule has 0 saturated heterocycles. The Morgan fingerprint density at radius 1 is 1.21 bits per heavy atom. The molecule has 7 nitrogen and oxygen atoms in total. The largest absolute Gasteiger partial charge is 0.490 e. The summed E-state index contributed by atoms with van der Waals surface area (Å²) in [5.41, 5.74) is -0.181. The van der Waals surface area contributed by atoms with Gasteiger partial charge < -0.3 is 14.6 Å². The van der Waals surface area contributed by atoms with E-state index in [1.807, 2.05) is 0 Å². The minimum Gasteiger partial charge on any atom is -0.490 e. The van der Waals surface area contributed by atoms with Gasteiger partial charge in [0.2, 0.25) is 5.76 Å². The van der Waals surface area contributed by atoms with Gasteiger partial charge in [0, 0.05) is 40.3 Å². The molecule has 11 heteroatoms. The summed E-state index contributed by atoms with van der Waals surface area (Å²) in [5, 5.41) is 13.0. The van der Waals surface area contributed by atoms with Crippen molar-refractivity contribution in [1.82, 2.24) is 4.98 Å². The molecular formula is C23H19F3N2O5S. The van der Waals surface area contributed by atoms with Crippen molar-refractivity contribution < 1.29 is 37.3 Å². The normalized spacial score (nSPS) is 11.4. The Morgan fingerprint density at radius 3 is 2.53 bits per heavy atom. The first-order valence-corrected chi connectivity index (χ1v) is 10.7. The number of amides is 1. The molecule has 1 amide bonds. The fourth-order valence-corrected chi connectivity index (χ4v) is 3.62. The Kier molecular flexibility index (Phi) is 8.03. The third-order valence-electron chi connectivity index (χ3n) is 4.59. The van der Waals surface area contributed by atoms with E-state index >= 15 is 0 Å². The van der Waals surface area contributed by atoms with Gasteiger partial charge >= 0.3 is 5.97 Å². The summed E-state index contributed by atoms with van der Waals surface area (Å²) in [6.45, 7) is 2.33. The SMILES string of the molecule is CCOCc1cccc(-c2csc(NC(=O)c3cc(F)c(/C=C(\OC)C(=O)O)c(F)c3)n2)c1F. The van der Waals surface area contributed by atoms with E-state index in [1.165, 1.54) is 11.4 Å². The lowest BCUT2D eigenvalue weighted by molar-refractivity contribution is -0.135. The van der Waals surface area contributed by atoms with Crippen LogP contribution in [0, 0.1) is 17.5 Å². The smallest absolute Gasteiger partial charge is 0.371 e. The predicted octanol–water partition coefficient (Wildman–Crippen LogP) is 5.09. The van der Waals surface area contributed by atoms with E-state index in [0.29, 0.717) is 18.2 Å². The summed E-state index contributed by atoms with van der Waals surface area (Å²) in [5.74, 6) is -5.86. The molecule has 0 radical (unpaired) electrons. The summed E-state index contributed by atoms with van der Waals surface area (Å²) >= 11 is 1.01. The Balaban J connectivity index is 1.81. The summed E-state index contributed by atoms with van der Waals surface area (Å²) in [6.07, 6.45) is 0.677. The lowest BCUT2D eigenvalue weighted by Gasteiger charge is -2.07. The molecule has 0 aliphatic rings.